The topological polar surface area (TPSA) is 69.0 Å². The standard InChI is InChI=1S/C22H24N4O2S/c1-5-12-26-21(17-9-7-6-8-16(17)3)24-25-22(26)29-14-20(27)23-18-13-15(2)10-11-19(18)28-4/h5-11,13H,1,12,14H2,2-4H3,(H,23,27). The largest absolute Gasteiger partial charge is 0.495 e. The van der Waals surface area contributed by atoms with E-state index in [0.717, 1.165) is 22.5 Å². The summed E-state index contributed by atoms with van der Waals surface area (Å²) in [5, 5.41) is 12.2. The molecule has 1 heterocycles. The van der Waals surface area contributed by atoms with Crippen LogP contribution in [-0.4, -0.2) is 33.5 Å². The summed E-state index contributed by atoms with van der Waals surface area (Å²) >= 11 is 1.34. The molecule has 1 aromatic heterocycles. The molecule has 0 bridgehead atoms. The summed E-state index contributed by atoms with van der Waals surface area (Å²) in [5.41, 5.74) is 3.84. The smallest absolute Gasteiger partial charge is 0.234 e. The van der Waals surface area contributed by atoms with Gasteiger partial charge in [0.1, 0.15) is 5.75 Å². The molecule has 0 fully saturated rings. The normalized spacial score (nSPS) is 10.6. The average Bonchev–Trinajstić information content (AvgIpc) is 3.10. The Balaban J connectivity index is 1.76. The second-order valence-corrected chi connectivity index (χ2v) is 7.50. The molecule has 6 nitrogen and oxygen atoms in total. The minimum absolute atomic E-state index is 0.135. The van der Waals surface area contributed by atoms with E-state index in [0.29, 0.717) is 23.1 Å². The van der Waals surface area contributed by atoms with Gasteiger partial charge < -0.3 is 10.1 Å². The highest BCUT2D eigenvalue weighted by Gasteiger charge is 2.16. The molecule has 29 heavy (non-hydrogen) atoms. The Morgan fingerprint density at radius 3 is 2.76 bits per heavy atom. The third-order valence-electron chi connectivity index (χ3n) is 4.38. The molecular formula is C22H24N4O2S. The van der Waals surface area contributed by atoms with Gasteiger partial charge in [0.05, 0.1) is 18.6 Å². The molecule has 1 N–H and O–H groups in total. The molecule has 0 radical (unpaired) electrons. The Morgan fingerprint density at radius 1 is 1.24 bits per heavy atom. The molecule has 3 rings (SSSR count). The van der Waals surface area contributed by atoms with Crippen molar-refractivity contribution in [3.05, 3.63) is 66.2 Å². The molecule has 0 spiro atoms. The van der Waals surface area contributed by atoms with Crippen LogP contribution in [0.2, 0.25) is 0 Å². The fourth-order valence-electron chi connectivity index (χ4n) is 2.95. The maximum Gasteiger partial charge on any atom is 0.234 e. The highest BCUT2D eigenvalue weighted by molar-refractivity contribution is 7.99. The van der Waals surface area contributed by atoms with Crippen molar-refractivity contribution in [1.29, 1.82) is 0 Å². The SMILES string of the molecule is C=CCn1c(SCC(=O)Nc2cc(C)ccc2OC)nnc1-c1ccccc1C. The van der Waals surface area contributed by atoms with Crippen molar-refractivity contribution in [2.24, 2.45) is 0 Å². The lowest BCUT2D eigenvalue weighted by atomic mass is 10.1. The van der Waals surface area contributed by atoms with Gasteiger partial charge >= 0.3 is 0 Å². The van der Waals surface area contributed by atoms with Crippen LogP contribution in [0, 0.1) is 13.8 Å². The van der Waals surface area contributed by atoms with E-state index in [-0.39, 0.29) is 11.7 Å². The van der Waals surface area contributed by atoms with Gasteiger partial charge in [-0.15, -0.1) is 16.8 Å². The van der Waals surface area contributed by atoms with Crippen molar-refractivity contribution >= 4 is 23.4 Å². The molecule has 0 unspecified atom stereocenters. The lowest BCUT2D eigenvalue weighted by molar-refractivity contribution is -0.113. The maximum absolute atomic E-state index is 12.5. The number of amides is 1. The van der Waals surface area contributed by atoms with Crippen LogP contribution in [0.15, 0.2) is 60.3 Å². The number of nitrogens with zero attached hydrogens (tertiary/aromatic N) is 3. The molecule has 0 saturated heterocycles. The first-order valence-corrected chi connectivity index (χ1v) is 10.2. The number of hydrogen-bond donors (Lipinski definition) is 1. The number of ether oxygens (including phenoxy) is 1. The van der Waals surface area contributed by atoms with Gasteiger partial charge in [0.2, 0.25) is 5.91 Å². The maximum atomic E-state index is 12.5. The van der Waals surface area contributed by atoms with E-state index in [1.54, 1.807) is 13.2 Å². The Labute approximate surface area is 175 Å². The van der Waals surface area contributed by atoms with Crippen molar-refractivity contribution < 1.29 is 9.53 Å². The van der Waals surface area contributed by atoms with Crippen molar-refractivity contribution in [2.45, 2.75) is 25.5 Å². The van der Waals surface area contributed by atoms with Gasteiger partial charge in [-0.3, -0.25) is 9.36 Å². The first-order chi connectivity index (χ1) is 14.0. The number of anilines is 1. The fourth-order valence-corrected chi connectivity index (χ4v) is 3.70. The summed E-state index contributed by atoms with van der Waals surface area (Å²) in [5.74, 6) is 1.47. The van der Waals surface area contributed by atoms with Crippen LogP contribution in [-0.2, 0) is 11.3 Å². The lowest BCUT2D eigenvalue weighted by Crippen LogP contribution is -2.15. The van der Waals surface area contributed by atoms with Gasteiger partial charge in [0.25, 0.3) is 0 Å². The summed E-state index contributed by atoms with van der Waals surface area (Å²) in [6, 6.07) is 13.7. The molecule has 7 heteroatoms. The minimum Gasteiger partial charge on any atom is -0.495 e. The number of carbonyl (C=O) groups excluding carboxylic acids is 1. The number of aryl methyl sites for hydroxylation is 2. The molecule has 0 aliphatic heterocycles. The van der Waals surface area contributed by atoms with E-state index in [1.165, 1.54) is 11.8 Å². The first-order valence-electron chi connectivity index (χ1n) is 9.21. The molecule has 0 saturated carbocycles. The molecule has 150 valence electrons. The number of nitrogens with one attached hydrogen (secondary N) is 1. The number of hydrogen-bond acceptors (Lipinski definition) is 5. The first kappa shape index (κ1) is 20.7. The molecule has 3 aromatic rings. The Hall–Kier alpha value is -3.06. The monoisotopic (exact) mass is 408 g/mol. The summed E-state index contributed by atoms with van der Waals surface area (Å²) < 4.78 is 7.29. The number of benzene rings is 2. The molecular weight excluding hydrogens is 384 g/mol. The number of carbonyl (C=O) groups is 1. The Morgan fingerprint density at radius 2 is 2.03 bits per heavy atom. The number of thioether (sulfide) groups is 1. The predicted octanol–water partition coefficient (Wildman–Crippen LogP) is 4.49. The number of allylic oxidation sites excluding steroid dienone is 1. The van der Waals surface area contributed by atoms with Crippen LogP contribution in [0.5, 0.6) is 5.75 Å². The minimum atomic E-state index is -0.135. The molecule has 0 aliphatic rings. The van der Waals surface area contributed by atoms with Gasteiger partial charge in [0.15, 0.2) is 11.0 Å². The Bertz CT molecular complexity index is 1030. The van der Waals surface area contributed by atoms with E-state index in [2.05, 4.69) is 22.1 Å². The Kier molecular flexibility index (Phi) is 6.72. The molecule has 0 aliphatic carbocycles. The highest BCUT2D eigenvalue weighted by Crippen LogP contribution is 2.28. The van der Waals surface area contributed by atoms with Gasteiger partial charge in [-0.1, -0.05) is 48.2 Å². The number of aromatic nitrogens is 3. The summed E-state index contributed by atoms with van der Waals surface area (Å²) in [6.45, 7) is 8.40. The van der Waals surface area contributed by atoms with Gasteiger partial charge in [-0.25, -0.2) is 0 Å². The van der Waals surface area contributed by atoms with Gasteiger partial charge in [-0.05, 0) is 37.1 Å². The zero-order valence-corrected chi connectivity index (χ0v) is 17.6. The second kappa shape index (κ2) is 9.43. The van der Waals surface area contributed by atoms with Crippen molar-refractivity contribution in [2.75, 3.05) is 18.2 Å². The van der Waals surface area contributed by atoms with Crippen LogP contribution in [0.3, 0.4) is 0 Å². The van der Waals surface area contributed by atoms with E-state index < -0.39 is 0 Å². The van der Waals surface area contributed by atoms with Crippen molar-refractivity contribution in [3.8, 4) is 17.1 Å². The van der Waals surface area contributed by atoms with Gasteiger partial charge in [-0.2, -0.15) is 0 Å². The van der Waals surface area contributed by atoms with Crippen LogP contribution in [0.25, 0.3) is 11.4 Å². The third-order valence-corrected chi connectivity index (χ3v) is 5.34. The molecule has 0 atom stereocenters. The quantitative estimate of drug-likeness (QED) is 0.439. The zero-order valence-electron chi connectivity index (χ0n) is 16.8. The number of rotatable bonds is 8. The van der Waals surface area contributed by atoms with E-state index in [4.69, 9.17) is 4.74 Å². The molecule has 1 amide bonds. The fraction of sp³-hybridized carbons (Fsp3) is 0.227. The lowest BCUT2D eigenvalue weighted by Gasteiger charge is -2.11. The van der Waals surface area contributed by atoms with Gasteiger partial charge in [0, 0.05) is 12.1 Å². The second-order valence-electron chi connectivity index (χ2n) is 6.56. The van der Waals surface area contributed by atoms with E-state index in [9.17, 15) is 4.79 Å². The van der Waals surface area contributed by atoms with E-state index in [1.807, 2.05) is 60.9 Å². The van der Waals surface area contributed by atoms with Crippen LogP contribution in [0.1, 0.15) is 11.1 Å². The summed E-state index contributed by atoms with van der Waals surface area (Å²) in [7, 11) is 1.58. The highest BCUT2D eigenvalue weighted by atomic mass is 32.2. The van der Waals surface area contributed by atoms with Crippen LogP contribution in [0.4, 0.5) is 5.69 Å². The third kappa shape index (κ3) is 4.86. The summed E-state index contributed by atoms with van der Waals surface area (Å²) in [4.78, 5) is 12.5. The van der Waals surface area contributed by atoms with Crippen LogP contribution < -0.4 is 10.1 Å². The van der Waals surface area contributed by atoms with Crippen LogP contribution >= 0.6 is 11.8 Å². The number of methoxy groups -OCH3 is 1. The molecule has 2 aromatic carbocycles. The van der Waals surface area contributed by atoms with Crippen molar-refractivity contribution in [3.63, 3.8) is 0 Å². The predicted molar refractivity (Wildman–Crippen MR) is 117 cm³/mol. The van der Waals surface area contributed by atoms with E-state index >= 15 is 0 Å². The zero-order chi connectivity index (χ0) is 20.8. The van der Waals surface area contributed by atoms with Crippen molar-refractivity contribution in [1.82, 2.24) is 14.8 Å². The summed E-state index contributed by atoms with van der Waals surface area (Å²) in [6.07, 6.45) is 1.80. The average molecular weight is 409 g/mol.